The lowest BCUT2D eigenvalue weighted by Gasteiger charge is -2.11. The molecule has 0 amide bonds. The summed E-state index contributed by atoms with van der Waals surface area (Å²) in [7, 11) is 0. The predicted molar refractivity (Wildman–Crippen MR) is 62.0 cm³/mol. The number of ether oxygens (including phenoxy) is 1. The third-order valence-corrected chi connectivity index (χ3v) is 2.59. The van der Waals surface area contributed by atoms with Crippen molar-refractivity contribution < 1.29 is 9.84 Å². The molecular formula is C13H20O2. The normalized spacial score (nSPS) is 14.7. The topological polar surface area (TPSA) is 29.5 Å². The Bertz CT molecular complexity index is 277. The van der Waals surface area contributed by atoms with Crippen LogP contribution in [0.5, 0.6) is 5.75 Å². The van der Waals surface area contributed by atoms with Gasteiger partial charge in [0.2, 0.25) is 0 Å². The minimum Gasteiger partial charge on any atom is -0.493 e. The molecule has 0 bridgehead atoms. The lowest BCUT2D eigenvalue weighted by atomic mass is 10.1. The van der Waals surface area contributed by atoms with Gasteiger partial charge < -0.3 is 9.84 Å². The smallest absolute Gasteiger partial charge is 0.119 e. The van der Waals surface area contributed by atoms with E-state index in [0.29, 0.717) is 5.92 Å². The van der Waals surface area contributed by atoms with Crippen LogP contribution < -0.4 is 4.74 Å². The van der Waals surface area contributed by atoms with Gasteiger partial charge in [-0.25, -0.2) is 0 Å². The maximum atomic E-state index is 9.33. The first-order valence-corrected chi connectivity index (χ1v) is 5.54. The van der Waals surface area contributed by atoms with Crippen LogP contribution in [0.4, 0.5) is 0 Å². The van der Waals surface area contributed by atoms with E-state index in [4.69, 9.17) is 4.74 Å². The lowest BCUT2D eigenvalue weighted by molar-refractivity contribution is 0.199. The Balaban J connectivity index is 2.50. The summed E-state index contributed by atoms with van der Waals surface area (Å²) in [6, 6.07) is 7.61. The van der Waals surface area contributed by atoms with Crippen LogP contribution in [-0.2, 0) is 0 Å². The molecule has 0 spiro atoms. The summed E-state index contributed by atoms with van der Waals surface area (Å²) in [5, 5.41) is 9.33. The highest BCUT2D eigenvalue weighted by molar-refractivity contribution is 5.28. The van der Waals surface area contributed by atoms with Crippen molar-refractivity contribution in [3.05, 3.63) is 29.8 Å². The van der Waals surface area contributed by atoms with Crippen molar-refractivity contribution in [1.82, 2.24) is 0 Å². The van der Waals surface area contributed by atoms with Crippen LogP contribution in [0.3, 0.4) is 0 Å². The molecule has 0 saturated heterocycles. The molecule has 0 aliphatic carbocycles. The second-order valence-electron chi connectivity index (χ2n) is 4.07. The Kier molecular flexibility index (Phi) is 4.63. The lowest BCUT2D eigenvalue weighted by Crippen LogP contribution is -2.07. The van der Waals surface area contributed by atoms with E-state index in [1.54, 1.807) is 6.92 Å². The van der Waals surface area contributed by atoms with Gasteiger partial charge in [-0.05, 0) is 30.5 Å². The molecule has 0 saturated carbocycles. The van der Waals surface area contributed by atoms with Crippen LogP contribution in [0.15, 0.2) is 24.3 Å². The Labute approximate surface area is 91.9 Å². The number of aliphatic hydroxyl groups is 1. The van der Waals surface area contributed by atoms with Gasteiger partial charge in [0, 0.05) is 0 Å². The van der Waals surface area contributed by atoms with Crippen molar-refractivity contribution in [2.75, 3.05) is 6.61 Å². The van der Waals surface area contributed by atoms with E-state index in [-0.39, 0.29) is 0 Å². The van der Waals surface area contributed by atoms with Crippen molar-refractivity contribution in [1.29, 1.82) is 0 Å². The Morgan fingerprint density at radius 2 is 1.80 bits per heavy atom. The summed E-state index contributed by atoms with van der Waals surface area (Å²) in [6.07, 6.45) is 0.722. The van der Waals surface area contributed by atoms with Gasteiger partial charge in [-0.1, -0.05) is 32.4 Å². The fraction of sp³-hybridized carbons (Fsp3) is 0.538. The van der Waals surface area contributed by atoms with E-state index in [9.17, 15) is 5.11 Å². The highest BCUT2D eigenvalue weighted by atomic mass is 16.5. The van der Waals surface area contributed by atoms with Crippen LogP contribution in [0.2, 0.25) is 0 Å². The zero-order chi connectivity index (χ0) is 11.3. The second-order valence-corrected chi connectivity index (χ2v) is 4.07. The third kappa shape index (κ3) is 3.92. The van der Waals surface area contributed by atoms with E-state index in [1.165, 1.54) is 0 Å². The van der Waals surface area contributed by atoms with Crippen molar-refractivity contribution in [2.45, 2.75) is 33.3 Å². The van der Waals surface area contributed by atoms with Crippen LogP contribution in [-0.4, -0.2) is 11.7 Å². The molecule has 2 atom stereocenters. The van der Waals surface area contributed by atoms with Gasteiger partial charge in [0.1, 0.15) is 5.75 Å². The van der Waals surface area contributed by atoms with E-state index in [0.717, 1.165) is 24.3 Å². The summed E-state index contributed by atoms with van der Waals surface area (Å²) in [6.45, 7) is 6.84. The SMILES string of the molecule is CCC(C)COc1ccc(C(C)O)cc1. The monoisotopic (exact) mass is 208 g/mol. The molecule has 1 aromatic carbocycles. The Hall–Kier alpha value is -1.02. The number of rotatable bonds is 5. The maximum absolute atomic E-state index is 9.33. The second kappa shape index (κ2) is 5.76. The molecule has 84 valence electrons. The van der Waals surface area contributed by atoms with Gasteiger partial charge in [0.05, 0.1) is 12.7 Å². The molecule has 1 N–H and O–H groups in total. The number of benzene rings is 1. The molecule has 0 aliphatic rings. The number of aliphatic hydroxyl groups excluding tert-OH is 1. The van der Waals surface area contributed by atoms with Crippen LogP contribution in [0, 0.1) is 5.92 Å². The standard InChI is InChI=1S/C13H20O2/c1-4-10(2)9-15-13-7-5-12(6-8-13)11(3)14/h5-8,10-11,14H,4,9H2,1-3H3. The van der Waals surface area contributed by atoms with E-state index < -0.39 is 6.10 Å². The summed E-state index contributed by atoms with van der Waals surface area (Å²) >= 11 is 0. The Morgan fingerprint density at radius 3 is 2.27 bits per heavy atom. The van der Waals surface area contributed by atoms with Gasteiger partial charge in [-0.2, -0.15) is 0 Å². The van der Waals surface area contributed by atoms with Crippen molar-refractivity contribution in [3.8, 4) is 5.75 Å². The fourth-order valence-corrected chi connectivity index (χ4v) is 1.20. The quantitative estimate of drug-likeness (QED) is 0.805. The van der Waals surface area contributed by atoms with E-state index in [2.05, 4.69) is 13.8 Å². The summed E-state index contributed by atoms with van der Waals surface area (Å²) in [5.41, 5.74) is 0.922. The molecular weight excluding hydrogens is 188 g/mol. The van der Waals surface area contributed by atoms with Crippen LogP contribution in [0.25, 0.3) is 0 Å². The molecule has 15 heavy (non-hydrogen) atoms. The number of hydrogen-bond acceptors (Lipinski definition) is 2. The van der Waals surface area contributed by atoms with Gasteiger partial charge >= 0.3 is 0 Å². The summed E-state index contributed by atoms with van der Waals surface area (Å²) in [4.78, 5) is 0. The largest absolute Gasteiger partial charge is 0.493 e. The number of hydrogen-bond donors (Lipinski definition) is 1. The first kappa shape index (κ1) is 12.1. The molecule has 0 aliphatic heterocycles. The minimum absolute atomic E-state index is 0.409. The molecule has 1 rings (SSSR count). The van der Waals surface area contributed by atoms with E-state index in [1.807, 2.05) is 24.3 Å². The van der Waals surface area contributed by atoms with Crippen LogP contribution >= 0.6 is 0 Å². The van der Waals surface area contributed by atoms with Crippen LogP contribution in [0.1, 0.15) is 38.9 Å². The zero-order valence-corrected chi connectivity index (χ0v) is 9.73. The van der Waals surface area contributed by atoms with Crippen molar-refractivity contribution in [3.63, 3.8) is 0 Å². The molecule has 2 unspecified atom stereocenters. The van der Waals surface area contributed by atoms with Gasteiger partial charge in [0.15, 0.2) is 0 Å². The zero-order valence-electron chi connectivity index (χ0n) is 9.73. The molecule has 0 heterocycles. The van der Waals surface area contributed by atoms with Gasteiger partial charge in [-0.15, -0.1) is 0 Å². The molecule has 1 aromatic rings. The average Bonchev–Trinajstić information content (AvgIpc) is 2.26. The minimum atomic E-state index is -0.409. The fourth-order valence-electron chi connectivity index (χ4n) is 1.20. The molecule has 0 fully saturated rings. The van der Waals surface area contributed by atoms with Gasteiger partial charge in [-0.3, -0.25) is 0 Å². The first-order valence-electron chi connectivity index (χ1n) is 5.54. The molecule has 2 nitrogen and oxygen atoms in total. The maximum Gasteiger partial charge on any atom is 0.119 e. The highest BCUT2D eigenvalue weighted by Crippen LogP contribution is 2.18. The van der Waals surface area contributed by atoms with Crippen molar-refractivity contribution in [2.24, 2.45) is 5.92 Å². The highest BCUT2D eigenvalue weighted by Gasteiger charge is 2.02. The third-order valence-electron chi connectivity index (χ3n) is 2.59. The van der Waals surface area contributed by atoms with Crippen molar-refractivity contribution >= 4 is 0 Å². The predicted octanol–water partition coefficient (Wildman–Crippen LogP) is 3.16. The average molecular weight is 208 g/mol. The first-order chi connectivity index (χ1) is 7.13. The van der Waals surface area contributed by atoms with E-state index >= 15 is 0 Å². The molecule has 0 aromatic heterocycles. The summed E-state index contributed by atoms with van der Waals surface area (Å²) < 4.78 is 5.61. The Morgan fingerprint density at radius 1 is 1.20 bits per heavy atom. The molecule has 2 heteroatoms. The molecule has 0 radical (unpaired) electrons. The summed E-state index contributed by atoms with van der Waals surface area (Å²) in [5.74, 6) is 1.46. The van der Waals surface area contributed by atoms with Gasteiger partial charge in [0.25, 0.3) is 0 Å².